The van der Waals surface area contributed by atoms with Gasteiger partial charge in [-0.1, -0.05) is 49.7 Å². The van der Waals surface area contributed by atoms with Crippen LogP contribution in [-0.4, -0.2) is 20.3 Å². The zero-order valence-corrected chi connectivity index (χ0v) is 16.8. The van der Waals surface area contributed by atoms with Gasteiger partial charge in [0, 0.05) is 28.8 Å². The number of hydrogen-bond donors (Lipinski definition) is 0. The molecule has 0 saturated heterocycles. The van der Waals surface area contributed by atoms with E-state index in [1.54, 1.807) is 6.07 Å². The Labute approximate surface area is 169 Å². The number of ketones is 1. The summed E-state index contributed by atoms with van der Waals surface area (Å²) in [6.07, 6.45) is 3.54. The third kappa shape index (κ3) is 3.78. The molecule has 0 spiro atoms. The summed E-state index contributed by atoms with van der Waals surface area (Å²) in [5.74, 6) is 0.752. The molecule has 5 heteroatoms. The fraction of sp³-hybridized carbons (Fsp3) is 0.261. The molecular formula is C23H22ClN3O. The van der Waals surface area contributed by atoms with Crippen LogP contribution in [0.2, 0.25) is 5.15 Å². The predicted molar refractivity (Wildman–Crippen MR) is 115 cm³/mol. The Morgan fingerprint density at radius 1 is 1.04 bits per heavy atom. The first-order chi connectivity index (χ1) is 13.5. The van der Waals surface area contributed by atoms with Gasteiger partial charge in [0.2, 0.25) is 0 Å². The van der Waals surface area contributed by atoms with Gasteiger partial charge < -0.3 is 4.57 Å². The van der Waals surface area contributed by atoms with Gasteiger partial charge in [-0.05, 0) is 36.6 Å². The van der Waals surface area contributed by atoms with Crippen LogP contribution in [0, 0.1) is 5.92 Å². The number of hydrogen-bond acceptors (Lipinski definition) is 3. The molecule has 0 bridgehead atoms. The quantitative estimate of drug-likeness (QED) is 0.384. The van der Waals surface area contributed by atoms with E-state index in [1.807, 2.05) is 41.1 Å². The molecule has 0 unspecified atom stereocenters. The highest BCUT2D eigenvalue weighted by Gasteiger charge is 2.16. The Morgan fingerprint density at radius 2 is 1.82 bits per heavy atom. The minimum Gasteiger partial charge on any atom is -0.338 e. The van der Waals surface area contributed by atoms with Gasteiger partial charge >= 0.3 is 0 Å². The highest BCUT2D eigenvalue weighted by atomic mass is 35.5. The van der Waals surface area contributed by atoms with Gasteiger partial charge in [-0.25, -0.2) is 9.97 Å². The third-order valence-electron chi connectivity index (χ3n) is 4.91. The maximum atomic E-state index is 12.6. The summed E-state index contributed by atoms with van der Waals surface area (Å²) in [6, 6.07) is 15.8. The van der Waals surface area contributed by atoms with Crippen molar-refractivity contribution in [3.05, 3.63) is 59.9 Å². The maximum absolute atomic E-state index is 12.6. The molecule has 142 valence electrons. The topological polar surface area (TPSA) is 47.8 Å². The van der Waals surface area contributed by atoms with Crippen molar-refractivity contribution in [1.29, 1.82) is 0 Å². The molecule has 0 aliphatic heterocycles. The van der Waals surface area contributed by atoms with Crippen molar-refractivity contribution in [3.63, 3.8) is 0 Å². The van der Waals surface area contributed by atoms with E-state index in [1.165, 1.54) is 0 Å². The average Bonchev–Trinajstić information content (AvgIpc) is 3.03. The molecule has 0 N–H and O–H groups in total. The fourth-order valence-electron chi connectivity index (χ4n) is 3.45. The van der Waals surface area contributed by atoms with E-state index in [9.17, 15) is 4.79 Å². The summed E-state index contributed by atoms with van der Waals surface area (Å²) < 4.78 is 2.02. The van der Waals surface area contributed by atoms with Crippen LogP contribution in [0.15, 0.2) is 54.7 Å². The van der Waals surface area contributed by atoms with Crippen LogP contribution in [0.1, 0.15) is 26.7 Å². The van der Waals surface area contributed by atoms with Crippen molar-refractivity contribution >= 4 is 39.2 Å². The average molecular weight is 392 g/mol. The molecule has 28 heavy (non-hydrogen) atoms. The lowest BCUT2D eigenvalue weighted by molar-refractivity contribution is -0.119. The number of aromatic nitrogens is 3. The van der Waals surface area contributed by atoms with Crippen LogP contribution < -0.4 is 0 Å². The first kappa shape index (κ1) is 18.6. The third-order valence-corrected chi connectivity index (χ3v) is 5.12. The molecule has 4 aromatic rings. The molecule has 3 heterocycles. The number of Topliss-reactive ketones (excluding diaryl/α,β-unsaturated/α-hetero) is 1. The molecule has 0 atom stereocenters. The summed E-state index contributed by atoms with van der Waals surface area (Å²) in [4.78, 5) is 21.7. The van der Waals surface area contributed by atoms with E-state index in [-0.39, 0.29) is 5.78 Å². The molecule has 0 saturated carbocycles. The zero-order valence-electron chi connectivity index (χ0n) is 16.0. The highest BCUT2D eigenvalue weighted by molar-refractivity contribution is 6.29. The molecule has 4 rings (SSSR count). The maximum Gasteiger partial charge on any atom is 0.161 e. The molecule has 0 radical (unpaired) electrons. The van der Waals surface area contributed by atoms with Crippen LogP contribution in [0.25, 0.3) is 33.2 Å². The number of carbonyl (C=O) groups excluding carboxylic acids is 1. The lowest BCUT2D eigenvalue weighted by Gasteiger charge is -2.10. The summed E-state index contributed by atoms with van der Waals surface area (Å²) in [5, 5.41) is 3.52. The number of benzene rings is 1. The minimum absolute atomic E-state index is 0.234. The molecule has 1 aromatic carbocycles. The molecule has 4 nitrogen and oxygen atoms in total. The Kier molecular flexibility index (Phi) is 5.14. The van der Waals surface area contributed by atoms with Crippen molar-refractivity contribution in [3.8, 4) is 11.4 Å². The Bertz CT molecular complexity index is 1160. The fourth-order valence-corrected chi connectivity index (χ4v) is 3.59. The largest absolute Gasteiger partial charge is 0.338 e. The van der Waals surface area contributed by atoms with Crippen LogP contribution in [0.4, 0.5) is 0 Å². The number of nitrogens with zero attached hydrogens (tertiary/aromatic N) is 3. The number of halogens is 1. The minimum atomic E-state index is 0.234. The number of pyridine rings is 2. The summed E-state index contributed by atoms with van der Waals surface area (Å²) in [5.41, 5.74) is 2.34. The van der Waals surface area contributed by atoms with Crippen molar-refractivity contribution in [2.24, 2.45) is 5.92 Å². The molecule has 0 fully saturated rings. The van der Waals surface area contributed by atoms with Gasteiger partial charge in [-0.2, -0.15) is 0 Å². The Morgan fingerprint density at radius 3 is 2.64 bits per heavy atom. The van der Waals surface area contributed by atoms with Crippen LogP contribution >= 0.6 is 11.6 Å². The summed E-state index contributed by atoms with van der Waals surface area (Å²) in [7, 11) is 0. The summed E-state index contributed by atoms with van der Waals surface area (Å²) >= 11 is 6.05. The Hall–Kier alpha value is -2.72. The van der Waals surface area contributed by atoms with E-state index >= 15 is 0 Å². The SMILES string of the molecule is CC(C)CCC(=O)Cn1cc2ccccc2c1-c1ccc2ccc(Cl)nc2n1. The van der Waals surface area contributed by atoms with Gasteiger partial charge in [0.05, 0.1) is 17.9 Å². The van der Waals surface area contributed by atoms with Gasteiger partial charge in [-0.3, -0.25) is 4.79 Å². The first-order valence-electron chi connectivity index (χ1n) is 9.54. The van der Waals surface area contributed by atoms with Gasteiger partial charge in [-0.15, -0.1) is 0 Å². The van der Waals surface area contributed by atoms with Crippen LogP contribution in [0.5, 0.6) is 0 Å². The molecule has 3 aromatic heterocycles. The monoisotopic (exact) mass is 391 g/mol. The molecule has 0 amide bonds. The van der Waals surface area contributed by atoms with E-state index in [4.69, 9.17) is 16.6 Å². The molecule has 0 aliphatic rings. The van der Waals surface area contributed by atoms with Crippen LogP contribution in [-0.2, 0) is 11.3 Å². The van der Waals surface area contributed by atoms with E-state index < -0.39 is 0 Å². The van der Waals surface area contributed by atoms with E-state index in [0.717, 1.165) is 34.0 Å². The van der Waals surface area contributed by atoms with Gasteiger partial charge in [0.15, 0.2) is 11.4 Å². The second-order valence-corrected chi connectivity index (χ2v) is 7.93. The van der Waals surface area contributed by atoms with E-state index in [2.05, 4.69) is 31.0 Å². The predicted octanol–water partition coefficient (Wildman–Crippen LogP) is 5.91. The second-order valence-electron chi connectivity index (χ2n) is 7.54. The first-order valence-corrected chi connectivity index (χ1v) is 9.92. The second kappa shape index (κ2) is 7.72. The number of carbonyl (C=O) groups is 1. The standard InChI is InChI=1S/C23H22ClN3O/c1-15(2)7-10-18(28)14-27-13-17-5-3-4-6-19(17)22(27)20-11-8-16-9-12-21(24)26-23(16)25-20/h3-6,8-9,11-13,15H,7,10,14H2,1-2H3. The summed E-state index contributed by atoms with van der Waals surface area (Å²) in [6.45, 7) is 4.62. The Balaban J connectivity index is 1.80. The lowest BCUT2D eigenvalue weighted by atomic mass is 10.1. The molecule has 0 aliphatic carbocycles. The smallest absolute Gasteiger partial charge is 0.161 e. The van der Waals surface area contributed by atoms with Gasteiger partial charge in [0.25, 0.3) is 0 Å². The van der Waals surface area contributed by atoms with Crippen molar-refractivity contribution in [2.45, 2.75) is 33.2 Å². The van der Waals surface area contributed by atoms with Crippen molar-refractivity contribution in [2.75, 3.05) is 0 Å². The normalized spacial score (nSPS) is 11.6. The van der Waals surface area contributed by atoms with Crippen molar-refractivity contribution in [1.82, 2.24) is 14.5 Å². The highest BCUT2D eigenvalue weighted by Crippen LogP contribution is 2.31. The molecular weight excluding hydrogens is 370 g/mol. The van der Waals surface area contributed by atoms with E-state index in [0.29, 0.717) is 29.7 Å². The van der Waals surface area contributed by atoms with Crippen LogP contribution in [0.3, 0.4) is 0 Å². The lowest BCUT2D eigenvalue weighted by Crippen LogP contribution is -2.11. The zero-order chi connectivity index (χ0) is 19.7. The number of fused-ring (bicyclic) bond motifs is 2. The van der Waals surface area contributed by atoms with Gasteiger partial charge in [0.1, 0.15) is 5.15 Å². The van der Waals surface area contributed by atoms with Crippen molar-refractivity contribution < 1.29 is 4.79 Å². The number of rotatable bonds is 6.